The lowest BCUT2D eigenvalue weighted by Gasteiger charge is -2.11. The van der Waals surface area contributed by atoms with Crippen LogP contribution < -0.4 is 11.1 Å². The minimum atomic E-state index is 0.539. The van der Waals surface area contributed by atoms with Crippen LogP contribution in [0.5, 0.6) is 0 Å². The lowest BCUT2D eigenvalue weighted by molar-refractivity contribution is 0.750. The zero-order valence-corrected chi connectivity index (χ0v) is 14.4. The van der Waals surface area contributed by atoms with Gasteiger partial charge in [0.1, 0.15) is 17.5 Å². The highest BCUT2D eigenvalue weighted by atomic mass is 15.0. The van der Waals surface area contributed by atoms with Crippen LogP contribution in [-0.2, 0) is 0 Å². The zero-order chi connectivity index (χ0) is 18.4. The lowest BCUT2D eigenvalue weighted by Crippen LogP contribution is -2.15. The number of nitrogens with one attached hydrogen (secondary N) is 3. The molecule has 0 radical (unpaired) electrons. The molecule has 0 aromatic carbocycles. The first kappa shape index (κ1) is 17.4. The van der Waals surface area contributed by atoms with Crippen LogP contribution in [0.15, 0.2) is 36.8 Å². The molecule has 4 rings (SSSR count). The third-order valence-corrected chi connectivity index (χ3v) is 4.40. The molecule has 0 atom stereocenters. The highest BCUT2D eigenvalue weighted by molar-refractivity contribution is 6.01. The van der Waals surface area contributed by atoms with E-state index in [1.807, 2.05) is 12.1 Å². The second kappa shape index (κ2) is 8.12. The molecule has 1 saturated carbocycles. The van der Waals surface area contributed by atoms with Crippen molar-refractivity contribution in [2.24, 2.45) is 0 Å². The summed E-state index contributed by atoms with van der Waals surface area (Å²) in [5.74, 6) is 0.885. The van der Waals surface area contributed by atoms with Gasteiger partial charge in [0.25, 0.3) is 0 Å². The van der Waals surface area contributed by atoms with E-state index in [-0.39, 0.29) is 0 Å². The SMILES string of the molecule is N#Cc1ccc(NC2CCCC2)nc1.N=Cc1c(N)cnc2[nH]ccc12. The van der Waals surface area contributed by atoms with Gasteiger partial charge in [0.15, 0.2) is 0 Å². The van der Waals surface area contributed by atoms with Crippen LogP contribution >= 0.6 is 0 Å². The molecule has 3 heterocycles. The van der Waals surface area contributed by atoms with Crippen molar-refractivity contribution < 1.29 is 0 Å². The number of aromatic nitrogens is 3. The molecule has 0 spiro atoms. The first-order chi connectivity index (χ1) is 12.7. The van der Waals surface area contributed by atoms with Gasteiger partial charge >= 0.3 is 0 Å². The molecule has 0 amide bonds. The fraction of sp³-hybridized carbons (Fsp3) is 0.263. The molecule has 7 nitrogen and oxygen atoms in total. The highest BCUT2D eigenvalue weighted by Gasteiger charge is 2.14. The maximum absolute atomic E-state index is 8.60. The molecule has 0 bridgehead atoms. The van der Waals surface area contributed by atoms with Crippen LogP contribution in [0, 0.1) is 16.7 Å². The molecule has 1 aliphatic carbocycles. The maximum atomic E-state index is 8.60. The summed E-state index contributed by atoms with van der Waals surface area (Å²) in [5, 5.41) is 20.0. The first-order valence-electron chi connectivity index (χ1n) is 8.56. The van der Waals surface area contributed by atoms with Crippen LogP contribution in [0.3, 0.4) is 0 Å². The van der Waals surface area contributed by atoms with E-state index in [4.69, 9.17) is 16.4 Å². The van der Waals surface area contributed by atoms with E-state index >= 15 is 0 Å². The average molecular weight is 347 g/mol. The number of H-pyrrole nitrogens is 1. The zero-order valence-electron chi connectivity index (χ0n) is 14.4. The summed E-state index contributed by atoms with van der Waals surface area (Å²) in [7, 11) is 0. The second-order valence-electron chi connectivity index (χ2n) is 6.18. The van der Waals surface area contributed by atoms with E-state index in [0.29, 0.717) is 17.3 Å². The molecule has 1 fully saturated rings. The molecule has 132 valence electrons. The van der Waals surface area contributed by atoms with Gasteiger partial charge < -0.3 is 21.4 Å². The predicted octanol–water partition coefficient (Wildman–Crippen LogP) is 3.45. The largest absolute Gasteiger partial charge is 0.397 e. The number of nitrogens with zero attached hydrogens (tertiary/aromatic N) is 3. The van der Waals surface area contributed by atoms with E-state index in [2.05, 4.69) is 26.3 Å². The monoisotopic (exact) mass is 347 g/mol. The third kappa shape index (κ3) is 3.98. The first-order valence-corrected chi connectivity index (χ1v) is 8.56. The summed E-state index contributed by atoms with van der Waals surface area (Å²) < 4.78 is 0. The van der Waals surface area contributed by atoms with Crippen LogP contribution in [0.1, 0.15) is 36.8 Å². The van der Waals surface area contributed by atoms with Crippen molar-refractivity contribution >= 4 is 28.8 Å². The van der Waals surface area contributed by atoms with Crippen molar-refractivity contribution in [3.8, 4) is 6.07 Å². The Morgan fingerprint density at radius 2 is 2.04 bits per heavy atom. The van der Waals surface area contributed by atoms with Gasteiger partial charge in [-0.25, -0.2) is 9.97 Å². The Bertz CT molecular complexity index is 915. The summed E-state index contributed by atoms with van der Waals surface area (Å²) in [5.41, 5.74) is 8.27. The fourth-order valence-electron chi connectivity index (χ4n) is 3.03. The minimum Gasteiger partial charge on any atom is -0.397 e. The molecule has 0 aliphatic heterocycles. The van der Waals surface area contributed by atoms with Gasteiger partial charge in [-0.1, -0.05) is 12.8 Å². The van der Waals surface area contributed by atoms with Gasteiger partial charge in [0, 0.05) is 35.6 Å². The molecule has 7 heteroatoms. The fourth-order valence-corrected chi connectivity index (χ4v) is 3.03. The van der Waals surface area contributed by atoms with Crippen molar-refractivity contribution in [1.82, 2.24) is 15.0 Å². The number of aromatic amines is 1. The van der Waals surface area contributed by atoms with E-state index in [1.165, 1.54) is 31.9 Å². The Balaban J connectivity index is 0.000000152. The lowest BCUT2D eigenvalue weighted by atomic mass is 10.2. The van der Waals surface area contributed by atoms with Crippen LogP contribution in [-0.4, -0.2) is 27.2 Å². The smallest absolute Gasteiger partial charge is 0.138 e. The van der Waals surface area contributed by atoms with E-state index < -0.39 is 0 Å². The Hall–Kier alpha value is -3.40. The Morgan fingerprint density at radius 1 is 1.23 bits per heavy atom. The van der Waals surface area contributed by atoms with Crippen LogP contribution in [0.4, 0.5) is 11.5 Å². The van der Waals surface area contributed by atoms with Crippen LogP contribution in [0.2, 0.25) is 0 Å². The number of nitriles is 1. The van der Waals surface area contributed by atoms with Gasteiger partial charge in [-0.3, -0.25) is 0 Å². The van der Waals surface area contributed by atoms with Crippen molar-refractivity contribution in [2.45, 2.75) is 31.7 Å². The third-order valence-electron chi connectivity index (χ3n) is 4.40. The predicted molar refractivity (Wildman–Crippen MR) is 103 cm³/mol. The molecule has 5 N–H and O–H groups in total. The summed E-state index contributed by atoms with van der Waals surface area (Å²) in [6.07, 6.45) is 11.3. The van der Waals surface area contributed by atoms with Crippen LogP contribution in [0.25, 0.3) is 11.0 Å². The van der Waals surface area contributed by atoms with Crippen molar-refractivity contribution in [3.05, 3.63) is 47.9 Å². The molecular weight excluding hydrogens is 326 g/mol. The Morgan fingerprint density at radius 3 is 2.69 bits per heavy atom. The van der Waals surface area contributed by atoms with E-state index in [1.54, 1.807) is 24.7 Å². The average Bonchev–Trinajstić information content (AvgIpc) is 3.34. The number of nitrogens with two attached hydrogens (primary N) is 1. The normalized spacial score (nSPS) is 13.7. The molecule has 3 aromatic rings. The maximum Gasteiger partial charge on any atom is 0.138 e. The molecule has 0 unspecified atom stereocenters. The standard InChI is InChI=1S/C11H13N3.C8H8N4/c12-7-9-5-6-11(13-8-9)14-10-3-1-2-4-10;9-3-6-5-1-2-11-8(5)12-4-7(6)10/h5-6,8,10H,1-4H2,(H,13,14);1-4,9H,10H2,(H,11,12). The summed E-state index contributed by atoms with van der Waals surface area (Å²) in [6.45, 7) is 0. The molecule has 0 saturated heterocycles. The van der Waals surface area contributed by atoms with E-state index in [0.717, 1.165) is 22.4 Å². The van der Waals surface area contributed by atoms with E-state index in [9.17, 15) is 0 Å². The number of nitrogen functional groups attached to an aromatic ring is 1. The van der Waals surface area contributed by atoms with Crippen molar-refractivity contribution in [1.29, 1.82) is 10.7 Å². The Kier molecular flexibility index (Phi) is 5.44. The quantitative estimate of drug-likeness (QED) is 0.540. The highest BCUT2D eigenvalue weighted by Crippen LogP contribution is 2.21. The number of anilines is 2. The van der Waals surface area contributed by atoms with Gasteiger partial charge in [-0.2, -0.15) is 5.26 Å². The molecule has 1 aliphatic rings. The summed E-state index contributed by atoms with van der Waals surface area (Å²) in [6, 6.07) is 8.16. The molecule has 26 heavy (non-hydrogen) atoms. The second-order valence-corrected chi connectivity index (χ2v) is 6.18. The van der Waals surface area contributed by atoms with Gasteiger partial charge in [0.2, 0.25) is 0 Å². The van der Waals surface area contributed by atoms with Crippen molar-refractivity contribution in [2.75, 3.05) is 11.1 Å². The van der Waals surface area contributed by atoms with Gasteiger partial charge in [-0.15, -0.1) is 0 Å². The summed E-state index contributed by atoms with van der Waals surface area (Å²) >= 11 is 0. The number of rotatable bonds is 3. The topological polar surface area (TPSA) is 127 Å². The number of pyridine rings is 2. The Labute approximate surface area is 151 Å². The minimum absolute atomic E-state index is 0.539. The number of fused-ring (bicyclic) bond motifs is 1. The van der Waals surface area contributed by atoms with Crippen molar-refractivity contribution in [3.63, 3.8) is 0 Å². The number of hydrogen-bond acceptors (Lipinski definition) is 6. The number of hydrogen-bond donors (Lipinski definition) is 4. The van der Waals surface area contributed by atoms with Gasteiger partial charge in [-0.05, 0) is 31.0 Å². The molecular formula is C19H21N7. The summed E-state index contributed by atoms with van der Waals surface area (Å²) in [4.78, 5) is 11.2. The molecule has 3 aromatic heterocycles. The van der Waals surface area contributed by atoms with Gasteiger partial charge in [0.05, 0.1) is 17.4 Å².